The van der Waals surface area contributed by atoms with Crippen molar-refractivity contribution in [1.82, 2.24) is 0 Å². The Balaban J connectivity index is 4.72. The molecule has 0 saturated heterocycles. The summed E-state index contributed by atoms with van der Waals surface area (Å²) in [7, 11) is 1.38. The molecule has 0 aromatic heterocycles. The molecule has 0 saturated carbocycles. The largest absolute Gasteiger partial charge is 0.466 e. The fourth-order valence-corrected chi connectivity index (χ4v) is 1.69. The molecule has 0 radical (unpaired) electrons. The summed E-state index contributed by atoms with van der Waals surface area (Å²) < 4.78 is 10.4. The summed E-state index contributed by atoms with van der Waals surface area (Å²) >= 11 is 0. The van der Waals surface area contributed by atoms with E-state index in [4.69, 9.17) is 4.74 Å². The molecule has 1 unspecified atom stereocenters. The van der Waals surface area contributed by atoms with Crippen LogP contribution in [0.15, 0.2) is 11.6 Å². The Bertz CT molecular complexity index is 377. The monoisotopic (exact) mass is 280 g/mol. The van der Waals surface area contributed by atoms with Gasteiger partial charge in [-0.15, -0.1) is 0 Å². The molecular weight excluding hydrogens is 252 g/mol. The highest BCUT2D eigenvalue weighted by Crippen LogP contribution is 2.11. The van der Waals surface area contributed by atoms with Crippen molar-refractivity contribution in [2.45, 2.75) is 72.0 Å². The van der Waals surface area contributed by atoms with Crippen molar-refractivity contribution in [3.63, 3.8) is 0 Å². The third kappa shape index (κ3) is 10.6. The van der Waals surface area contributed by atoms with Gasteiger partial charge in [0, 0.05) is 11.6 Å². The van der Waals surface area contributed by atoms with Crippen LogP contribution in [0.3, 0.4) is 0 Å². The van der Waals surface area contributed by atoms with Crippen LogP contribution in [0.1, 0.15) is 60.3 Å². The van der Waals surface area contributed by atoms with E-state index in [1.54, 1.807) is 0 Å². The van der Waals surface area contributed by atoms with Crippen molar-refractivity contribution < 1.29 is 14.3 Å². The van der Waals surface area contributed by atoms with Crippen molar-refractivity contribution in [1.29, 1.82) is 0 Å². The van der Waals surface area contributed by atoms with E-state index in [9.17, 15) is 4.79 Å². The molecule has 3 nitrogen and oxygen atoms in total. The third-order valence-electron chi connectivity index (χ3n) is 2.51. The van der Waals surface area contributed by atoms with Crippen LogP contribution in [-0.4, -0.2) is 24.8 Å². The molecule has 0 bridgehead atoms. The lowest BCUT2D eigenvalue weighted by atomic mass is 10.1. The summed E-state index contributed by atoms with van der Waals surface area (Å²) in [6, 6.07) is 0. The highest BCUT2D eigenvalue weighted by atomic mass is 16.5. The normalized spacial score (nSPS) is 13.4. The maximum atomic E-state index is 11.3. The van der Waals surface area contributed by atoms with Crippen molar-refractivity contribution in [3.8, 4) is 11.8 Å². The summed E-state index contributed by atoms with van der Waals surface area (Å²) in [6.45, 7) is 10.1. The highest BCUT2D eigenvalue weighted by molar-refractivity contribution is 5.83. The summed E-state index contributed by atoms with van der Waals surface area (Å²) in [4.78, 5) is 11.3. The van der Waals surface area contributed by atoms with Gasteiger partial charge in [0.05, 0.1) is 12.7 Å². The van der Waals surface area contributed by atoms with Gasteiger partial charge in [-0.25, -0.2) is 4.79 Å². The summed E-state index contributed by atoms with van der Waals surface area (Å²) in [5.41, 5.74) is 0.595. The van der Waals surface area contributed by atoms with Crippen molar-refractivity contribution in [2.75, 3.05) is 7.11 Å². The first-order valence-electron chi connectivity index (χ1n) is 7.26. The van der Waals surface area contributed by atoms with E-state index in [1.807, 2.05) is 27.7 Å². The number of rotatable bonds is 6. The zero-order chi connectivity index (χ0) is 15.6. The third-order valence-corrected chi connectivity index (χ3v) is 2.51. The van der Waals surface area contributed by atoms with Crippen LogP contribution < -0.4 is 0 Å². The molecule has 114 valence electrons. The second-order valence-electron chi connectivity index (χ2n) is 5.79. The minimum Gasteiger partial charge on any atom is -0.466 e. The molecule has 0 aromatic rings. The fraction of sp³-hybridized carbons (Fsp3) is 0.706. The van der Waals surface area contributed by atoms with Gasteiger partial charge in [-0.3, -0.25) is 0 Å². The zero-order valence-electron chi connectivity index (χ0n) is 13.7. The Morgan fingerprint density at radius 1 is 1.30 bits per heavy atom. The Hall–Kier alpha value is -1.27. The van der Waals surface area contributed by atoms with Gasteiger partial charge in [-0.2, -0.15) is 0 Å². The number of carbonyl (C=O) groups is 1. The first-order valence-corrected chi connectivity index (χ1v) is 7.26. The van der Waals surface area contributed by atoms with Gasteiger partial charge >= 0.3 is 5.97 Å². The van der Waals surface area contributed by atoms with E-state index in [0.717, 1.165) is 31.3 Å². The molecule has 3 heteroatoms. The van der Waals surface area contributed by atoms with Crippen LogP contribution in [0.5, 0.6) is 0 Å². The fourth-order valence-electron chi connectivity index (χ4n) is 1.69. The van der Waals surface area contributed by atoms with Crippen LogP contribution in [0, 0.1) is 11.8 Å². The lowest BCUT2D eigenvalue weighted by Gasteiger charge is -2.21. The number of unbranched alkanes of at least 4 members (excludes halogenated alkanes) is 2. The van der Waals surface area contributed by atoms with Crippen LogP contribution in [0.25, 0.3) is 0 Å². The smallest absolute Gasteiger partial charge is 0.331 e. The SMILES string of the molecule is CCCCC/C(C#CC(C)OC(C)(C)C)=C/C(=O)OC. The number of esters is 1. The van der Waals surface area contributed by atoms with Gasteiger partial charge in [0.15, 0.2) is 0 Å². The number of hydrogen-bond donors (Lipinski definition) is 0. The molecule has 0 amide bonds. The van der Waals surface area contributed by atoms with E-state index in [1.165, 1.54) is 13.2 Å². The number of methoxy groups -OCH3 is 1. The molecule has 20 heavy (non-hydrogen) atoms. The molecular formula is C17H28O3. The summed E-state index contributed by atoms with van der Waals surface area (Å²) in [5.74, 6) is 5.75. The van der Waals surface area contributed by atoms with E-state index in [2.05, 4.69) is 23.5 Å². The van der Waals surface area contributed by atoms with E-state index in [0.29, 0.717) is 0 Å². The minimum atomic E-state index is -0.352. The molecule has 0 N–H and O–H groups in total. The second-order valence-corrected chi connectivity index (χ2v) is 5.79. The van der Waals surface area contributed by atoms with Crippen LogP contribution >= 0.6 is 0 Å². The number of ether oxygens (including phenoxy) is 2. The summed E-state index contributed by atoms with van der Waals surface area (Å²) in [6.07, 6.45) is 5.42. The topological polar surface area (TPSA) is 35.5 Å². The van der Waals surface area contributed by atoms with E-state index >= 15 is 0 Å². The van der Waals surface area contributed by atoms with Crippen molar-refractivity contribution in [2.24, 2.45) is 0 Å². The Morgan fingerprint density at radius 3 is 2.45 bits per heavy atom. The van der Waals surface area contributed by atoms with Gasteiger partial charge in [-0.05, 0) is 40.5 Å². The predicted octanol–water partition coefficient (Wildman–Crippen LogP) is 3.87. The van der Waals surface area contributed by atoms with Gasteiger partial charge in [0.25, 0.3) is 0 Å². The van der Waals surface area contributed by atoms with Gasteiger partial charge in [-0.1, -0.05) is 31.6 Å². The molecule has 0 aliphatic rings. The van der Waals surface area contributed by atoms with E-state index in [-0.39, 0.29) is 17.7 Å². The Morgan fingerprint density at radius 2 is 1.95 bits per heavy atom. The second kappa shape index (κ2) is 9.61. The van der Waals surface area contributed by atoms with E-state index < -0.39 is 0 Å². The maximum Gasteiger partial charge on any atom is 0.331 e. The van der Waals surface area contributed by atoms with Crippen LogP contribution in [0.4, 0.5) is 0 Å². The number of hydrogen-bond acceptors (Lipinski definition) is 3. The standard InChI is InChI=1S/C17H28O3/c1-7-8-9-10-15(13-16(18)19-6)12-11-14(2)20-17(3,4)5/h13-14H,7-10H2,1-6H3/b15-13-. The Kier molecular flexibility index (Phi) is 9.00. The first kappa shape index (κ1) is 18.7. The lowest BCUT2D eigenvalue weighted by molar-refractivity contribution is -0.134. The average molecular weight is 280 g/mol. The number of carbonyl (C=O) groups excluding carboxylic acids is 1. The van der Waals surface area contributed by atoms with Gasteiger partial charge in [0.2, 0.25) is 0 Å². The molecule has 0 aromatic carbocycles. The van der Waals surface area contributed by atoms with Crippen molar-refractivity contribution >= 4 is 5.97 Å². The van der Waals surface area contributed by atoms with Crippen LogP contribution in [-0.2, 0) is 14.3 Å². The van der Waals surface area contributed by atoms with Gasteiger partial charge < -0.3 is 9.47 Å². The maximum absolute atomic E-state index is 11.3. The van der Waals surface area contributed by atoms with Gasteiger partial charge in [0.1, 0.15) is 6.10 Å². The average Bonchev–Trinajstić information content (AvgIpc) is 2.33. The molecule has 0 fully saturated rings. The number of allylic oxidation sites excluding steroid dienone is 1. The Labute approximate surface area is 123 Å². The quantitative estimate of drug-likeness (QED) is 0.321. The molecule has 0 aliphatic heterocycles. The lowest BCUT2D eigenvalue weighted by Crippen LogP contribution is -2.24. The summed E-state index contributed by atoms with van der Waals surface area (Å²) in [5, 5.41) is 0. The predicted molar refractivity (Wildman–Crippen MR) is 82.3 cm³/mol. The minimum absolute atomic E-state index is 0.165. The molecule has 0 aliphatic carbocycles. The van der Waals surface area contributed by atoms with Crippen molar-refractivity contribution in [3.05, 3.63) is 11.6 Å². The molecule has 0 heterocycles. The zero-order valence-corrected chi connectivity index (χ0v) is 13.7. The van der Waals surface area contributed by atoms with Crippen LogP contribution in [0.2, 0.25) is 0 Å². The highest BCUT2D eigenvalue weighted by Gasteiger charge is 2.13. The molecule has 0 spiro atoms. The first-order chi connectivity index (χ1) is 9.28. The molecule has 1 atom stereocenters. The molecule has 0 rings (SSSR count).